The van der Waals surface area contributed by atoms with E-state index in [1.54, 1.807) is 0 Å². The lowest BCUT2D eigenvalue weighted by atomic mass is 9.79. The molecule has 1 aromatic rings. The SMILES string of the molecule is CC1CCC(C(O)C2Cc3ccccc3S2)CC1. The molecule has 0 aromatic heterocycles. The molecule has 2 heteroatoms. The maximum absolute atomic E-state index is 10.6. The second kappa shape index (κ2) is 5.26. The van der Waals surface area contributed by atoms with Gasteiger partial charge in [-0.3, -0.25) is 0 Å². The molecule has 1 fully saturated rings. The molecule has 1 aliphatic carbocycles. The van der Waals surface area contributed by atoms with E-state index < -0.39 is 0 Å². The first-order valence-electron chi connectivity index (χ1n) is 7.16. The summed E-state index contributed by atoms with van der Waals surface area (Å²) in [6, 6.07) is 8.60. The van der Waals surface area contributed by atoms with Crippen molar-refractivity contribution in [2.24, 2.45) is 11.8 Å². The molecule has 2 atom stereocenters. The zero-order chi connectivity index (χ0) is 12.5. The van der Waals surface area contributed by atoms with Crippen LogP contribution in [0.15, 0.2) is 29.2 Å². The average Bonchev–Trinajstić information content (AvgIpc) is 2.82. The maximum atomic E-state index is 10.6. The second-order valence-electron chi connectivity index (χ2n) is 5.98. The van der Waals surface area contributed by atoms with Crippen LogP contribution >= 0.6 is 11.8 Å². The van der Waals surface area contributed by atoms with Gasteiger partial charge in [-0.1, -0.05) is 38.0 Å². The first kappa shape index (κ1) is 12.6. The number of hydrogen-bond donors (Lipinski definition) is 1. The molecule has 0 bridgehead atoms. The Morgan fingerprint density at radius 1 is 1.17 bits per heavy atom. The Balaban J connectivity index is 1.63. The molecule has 1 N–H and O–H groups in total. The Bertz CT molecular complexity index is 384. The minimum atomic E-state index is -0.116. The second-order valence-corrected chi connectivity index (χ2v) is 7.26. The van der Waals surface area contributed by atoms with Crippen molar-refractivity contribution >= 4 is 11.8 Å². The Kier molecular flexibility index (Phi) is 3.67. The van der Waals surface area contributed by atoms with E-state index in [9.17, 15) is 5.11 Å². The third kappa shape index (κ3) is 2.46. The minimum absolute atomic E-state index is 0.116. The standard InChI is InChI=1S/C16H22OS/c1-11-6-8-12(9-7-11)16(17)15-10-13-4-2-3-5-14(13)18-15/h2-5,11-12,15-17H,6-10H2,1H3. The van der Waals surface area contributed by atoms with Gasteiger partial charge in [-0.15, -0.1) is 11.8 Å². The van der Waals surface area contributed by atoms with E-state index in [4.69, 9.17) is 0 Å². The largest absolute Gasteiger partial charge is 0.392 e. The van der Waals surface area contributed by atoms with Gasteiger partial charge < -0.3 is 5.11 Å². The lowest BCUT2D eigenvalue weighted by Gasteiger charge is -2.32. The summed E-state index contributed by atoms with van der Waals surface area (Å²) in [5.74, 6) is 1.40. The van der Waals surface area contributed by atoms with Gasteiger partial charge >= 0.3 is 0 Å². The summed E-state index contributed by atoms with van der Waals surface area (Å²) in [6.07, 6.45) is 5.97. The van der Waals surface area contributed by atoms with Crippen LogP contribution in [0.4, 0.5) is 0 Å². The van der Waals surface area contributed by atoms with Gasteiger partial charge in [-0.05, 0) is 42.7 Å². The molecule has 1 aliphatic heterocycles. The number of aliphatic hydroxyl groups is 1. The van der Waals surface area contributed by atoms with Gasteiger partial charge in [-0.25, -0.2) is 0 Å². The summed E-state index contributed by atoms with van der Waals surface area (Å²) in [6.45, 7) is 2.34. The zero-order valence-electron chi connectivity index (χ0n) is 11.0. The Morgan fingerprint density at radius 2 is 1.89 bits per heavy atom. The van der Waals surface area contributed by atoms with Gasteiger partial charge in [0.05, 0.1) is 6.10 Å². The van der Waals surface area contributed by atoms with E-state index in [0.29, 0.717) is 11.2 Å². The van der Waals surface area contributed by atoms with Crippen molar-refractivity contribution in [2.45, 2.75) is 55.3 Å². The average molecular weight is 262 g/mol. The highest BCUT2D eigenvalue weighted by molar-refractivity contribution is 8.00. The van der Waals surface area contributed by atoms with E-state index in [0.717, 1.165) is 12.3 Å². The lowest BCUT2D eigenvalue weighted by Crippen LogP contribution is -2.33. The van der Waals surface area contributed by atoms with Gasteiger partial charge in [0.25, 0.3) is 0 Å². The molecule has 2 aliphatic rings. The smallest absolute Gasteiger partial charge is 0.0693 e. The summed E-state index contributed by atoms with van der Waals surface area (Å²) >= 11 is 1.89. The molecule has 18 heavy (non-hydrogen) atoms. The number of aliphatic hydroxyl groups excluding tert-OH is 1. The van der Waals surface area contributed by atoms with Crippen LogP contribution in [0.2, 0.25) is 0 Å². The fourth-order valence-electron chi connectivity index (χ4n) is 3.33. The van der Waals surface area contributed by atoms with E-state index >= 15 is 0 Å². The first-order chi connectivity index (χ1) is 8.74. The van der Waals surface area contributed by atoms with Crippen LogP contribution in [0.25, 0.3) is 0 Å². The molecule has 0 saturated heterocycles. The molecule has 0 spiro atoms. The van der Waals surface area contributed by atoms with Crippen molar-refractivity contribution in [1.29, 1.82) is 0 Å². The maximum Gasteiger partial charge on any atom is 0.0693 e. The molecule has 1 heterocycles. The van der Waals surface area contributed by atoms with Gasteiger partial charge in [0.2, 0.25) is 0 Å². The molecule has 1 nitrogen and oxygen atoms in total. The van der Waals surface area contributed by atoms with E-state index in [2.05, 4.69) is 31.2 Å². The number of fused-ring (bicyclic) bond motifs is 1. The molecule has 0 radical (unpaired) electrons. The number of rotatable bonds is 2. The predicted octanol–water partition coefficient (Wildman–Crippen LogP) is 3.89. The highest BCUT2D eigenvalue weighted by Crippen LogP contribution is 2.42. The van der Waals surface area contributed by atoms with Gasteiger partial charge in [0.15, 0.2) is 0 Å². The van der Waals surface area contributed by atoms with Crippen molar-refractivity contribution in [1.82, 2.24) is 0 Å². The first-order valence-corrected chi connectivity index (χ1v) is 8.04. The van der Waals surface area contributed by atoms with Gasteiger partial charge in [0, 0.05) is 10.1 Å². The molecular formula is C16H22OS. The van der Waals surface area contributed by atoms with Crippen molar-refractivity contribution in [2.75, 3.05) is 0 Å². The summed E-state index contributed by atoms with van der Waals surface area (Å²) in [5.41, 5.74) is 1.43. The highest BCUT2D eigenvalue weighted by Gasteiger charge is 2.34. The topological polar surface area (TPSA) is 20.2 Å². The molecule has 1 saturated carbocycles. The van der Waals surface area contributed by atoms with Crippen LogP contribution in [-0.2, 0) is 6.42 Å². The van der Waals surface area contributed by atoms with E-state index in [1.165, 1.54) is 36.1 Å². The molecule has 3 rings (SSSR count). The fraction of sp³-hybridized carbons (Fsp3) is 0.625. The minimum Gasteiger partial charge on any atom is -0.392 e. The van der Waals surface area contributed by atoms with E-state index in [1.807, 2.05) is 11.8 Å². The zero-order valence-corrected chi connectivity index (χ0v) is 11.8. The Hall–Kier alpha value is -0.470. The van der Waals surface area contributed by atoms with Crippen LogP contribution in [-0.4, -0.2) is 16.5 Å². The third-order valence-electron chi connectivity index (χ3n) is 4.60. The molecular weight excluding hydrogens is 240 g/mol. The normalized spacial score (nSPS) is 33.1. The quantitative estimate of drug-likeness (QED) is 0.872. The van der Waals surface area contributed by atoms with Crippen molar-refractivity contribution in [3.63, 3.8) is 0 Å². The number of hydrogen-bond acceptors (Lipinski definition) is 2. The van der Waals surface area contributed by atoms with Crippen LogP contribution < -0.4 is 0 Å². The molecule has 98 valence electrons. The number of benzene rings is 1. The van der Waals surface area contributed by atoms with Crippen molar-refractivity contribution in [3.05, 3.63) is 29.8 Å². The predicted molar refractivity (Wildman–Crippen MR) is 76.9 cm³/mol. The monoisotopic (exact) mass is 262 g/mol. The van der Waals surface area contributed by atoms with E-state index in [-0.39, 0.29) is 6.10 Å². The van der Waals surface area contributed by atoms with Crippen LogP contribution in [0, 0.1) is 11.8 Å². The van der Waals surface area contributed by atoms with Crippen LogP contribution in [0.1, 0.15) is 38.2 Å². The van der Waals surface area contributed by atoms with Crippen LogP contribution in [0.5, 0.6) is 0 Å². The van der Waals surface area contributed by atoms with Crippen molar-refractivity contribution < 1.29 is 5.11 Å². The summed E-state index contributed by atoms with van der Waals surface area (Å²) < 4.78 is 0. The summed E-state index contributed by atoms with van der Waals surface area (Å²) in [4.78, 5) is 1.38. The van der Waals surface area contributed by atoms with Gasteiger partial charge in [0.1, 0.15) is 0 Å². The van der Waals surface area contributed by atoms with Crippen molar-refractivity contribution in [3.8, 4) is 0 Å². The third-order valence-corrected chi connectivity index (χ3v) is 6.00. The highest BCUT2D eigenvalue weighted by atomic mass is 32.2. The van der Waals surface area contributed by atoms with Gasteiger partial charge in [-0.2, -0.15) is 0 Å². The Labute approximate surface area is 114 Å². The Morgan fingerprint density at radius 3 is 2.61 bits per heavy atom. The molecule has 2 unspecified atom stereocenters. The molecule has 0 amide bonds. The lowest BCUT2D eigenvalue weighted by molar-refractivity contribution is 0.0744. The van der Waals surface area contributed by atoms with Crippen LogP contribution in [0.3, 0.4) is 0 Å². The summed E-state index contributed by atoms with van der Waals surface area (Å²) in [7, 11) is 0. The fourth-order valence-corrected chi connectivity index (χ4v) is 4.74. The summed E-state index contributed by atoms with van der Waals surface area (Å²) in [5, 5.41) is 11.0. The number of thioether (sulfide) groups is 1. The molecule has 1 aromatic carbocycles.